The molecule has 5 heteroatoms. The first-order chi connectivity index (χ1) is 11.6. The van der Waals surface area contributed by atoms with Gasteiger partial charge >= 0.3 is 0 Å². The Bertz CT molecular complexity index is 561. The minimum Gasteiger partial charge on any atom is -0.493 e. The number of hydrogen-bond donors (Lipinski definition) is 1. The summed E-state index contributed by atoms with van der Waals surface area (Å²) in [6.07, 6.45) is 2.59. The normalized spacial score (nSPS) is 24.0. The van der Waals surface area contributed by atoms with E-state index in [-0.39, 0.29) is 12.0 Å². The van der Waals surface area contributed by atoms with Crippen LogP contribution in [0, 0.1) is 5.92 Å². The number of rotatable bonds is 6. The van der Waals surface area contributed by atoms with Crippen LogP contribution in [-0.2, 0) is 4.74 Å². The molecule has 3 rings (SSSR count). The molecule has 0 unspecified atom stereocenters. The van der Waals surface area contributed by atoms with E-state index in [4.69, 9.17) is 9.47 Å². The van der Waals surface area contributed by atoms with Gasteiger partial charge in [0.2, 0.25) is 0 Å². The van der Waals surface area contributed by atoms with Crippen molar-refractivity contribution in [1.82, 2.24) is 10.2 Å². The SMILES string of the molecule is CC(C)COc1cccc(C(=O)NC[C@H]2CN3CCC[C@@H]3CO2)c1. The first kappa shape index (κ1) is 17.2. The van der Waals surface area contributed by atoms with E-state index in [1.165, 1.54) is 12.8 Å². The quantitative estimate of drug-likeness (QED) is 0.868. The van der Waals surface area contributed by atoms with E-state index in [0.29, 0.717) is 30.7 Å². The number of amides is 1. The molecule has 0 spiro atoms. The Balaban J connectivity index is 1.49. The van der Waals surface area contributed by atoms with Crippen LogP contribution in [0.25, 0.3) is 0 Å². The molecule has 2 aliphatic heterocycles. The Kier molecular flexibility index (Phi) is 5.74. The molecule has 2 fully saturated rings. The summed E-state index contributed by atoms with van der Waals surface area (Å²) in [4.78, 5) is 14.9. The molecule has 2 heterocycles. The zero-order valence-electron chi connectivity index (χ0n) is 14.7. The molecule has 0 radical (unpaired) electrons. The lowest BCUT2D eigenvalue weighted by molar-refractivity contribution is -0.0461. The first-order valence-electron chi connectivity index (χ1n) is 8.98. The Morgan fingerprint density at radius 3 is 3.17 bits per heavy atom. The molecular formula is C19H28N2O3. The molecule has 0 aromatic heterocycles. The van der Waals surface area contributed by atoms with Crippen LogP contribution in [0.1, 0.15) is 37.0 Å². The van der Waals surface area contributed by atoms with Gasteiger partial charge in [0.1, 0.15) is 5.75 Å². The third kappa shape index (κ3) is 4.48. The Morgan fingerprint density at radius 2 is 2.33 bits per heavy atom. The lowest BCUT2D eigenvalue weighted by atomic mass is 10.1. The summed E-state index contributed by atoms with van der Waals surface area (Å²) in [5.41, 5.74) is 0.631. The summed E-state index contributed by atoms with van der Waals surface area (Å²) in [6, 6.07) is 7.95. The average Bonchev–Trinajstić information content (AvgIpc) is 3.06. The lowest BCUT2D eigenvalue weighted by Crippen LogP contribution is -2.50. The molecule has 5 nitrogen and oxygen atoms in total. The topological polar surface area (TPSA) is 50.8 Å². The monoisotopic (exact) mass is 332 g/mol. The number of hydrogen-bond acceptors (Lipinski definition) is 4. The molecule has 24 heavy (non-hydrogen) atoms. The van der Waals surface area contributed by atoms with Crippen molar-refractivity contribution in [3.63, 3.8) is 0 Å². The zero-order valence-corrected chi connectivity index (χ0v) is 14.7. The smallest absolute Gasteiger partial charge is 0.251 e. The Morgan fingerprint density at radius 1 is 1.46 bits per heavy atom. The van der Waals surface area contributed by atoms with Crippen molar-refractivity contribution in [3.8, 4) is 5.75 Å². The average molecular weight is 332 g/mol. The summed E-state index contributed by atoms with van der Waals surface area (Å²) >= 11 is 0. The maximum absolute atomic E-state index is 12.4. The van der Waals surface area contributed by atoms with Crippen LogP contribution in [0.4, 0.5) is 0 Å². The van der Waals surface area contributed by atoms with Gasteiger partial charge in [-0.1, -0.05) is 19.9 Å². The van der Waals surface area contributed by atoms with Crippen molar-refractivity contribution < 1.29 is 14.3 Å². The number of carbonyl (C=O) groups is 1. The van der Waals surface area contributed by atoms with Crippen LogP contribution in [0.15, 0.2) is 24.3 Å². The predicted molar refractivity (Wildman–Crippen MR) is 93.4 cm³/mol. The minimum atomic E-state index is -0.0721. The molecule has 2 atom stereocenters. The zero-order chi connectivity index (χ0) is 16.9. The van der Waals surface area contributed by atoms with E-state index in [9.17, 15) is 4.79 Å². The number of ether oxygens (including phenoxy) is 2. The van der Waals surface area contributed by atoms with Gasteiger partial charge in [-0.05, 0) is 43.5 Å². The van der Waals surface area contributed by atoms with Crippen LogP contribution in [0.5, 0.6) is 5.75 Å². The van der Waals surface area contributed by atoms with E-state index >= 15 is 0 Å². The number of fused-ring (bicyclic) bond motifs is 1. The minimum absolute atomic E-state index is 0.0721. The van der Waals surface area contributed by atoms with Crippen molar-refractivity contribution in [1.29, 1.82) is 0 Å². The van der Waals surface area contributed by atoms with E-state index in [1.807, 2.05) is 18.2 Å². The summed E-state index contributed by atoms with van der Waals surface area (Å²) in [5, 5.41) is 2.99. The molecule has 2 saturated heterocycles. The second kappa shape index (κ2) is 7.99. The molecule has 1 N–H and O–H groups in total. The highest BCUT2D eigenvalue weighted by Gasteiger charge is 2.32. The van der Waals surface area contributed by atoms with Gasteiger partial charge < -0.3 is 14.8 Å². The lowest BCUT2D eigenvalue weighted by Gasteiger charge is -2.35. The first-order valence-corrected chi connectivity index (χ1v) is 8.98. The number of carbonyl (C=O) groups excluding carboxylic acids is 1. The van der Waals surface area contributed by atoms with Crippen LogP contribution >= 0.6 is 0 Å². The number of nitrogens with one attached hydrogen (secondary N) is 1. The van der Waals surface area contributed by atoms with Crippen molar-refractivity contribution in [2.75, 3.05) is 32.8 Å². The van der Waals surface area contributed by atoms with Crippen molar-refractivity contribution in [3.05, 3.63) is 29.8 Å². The van der Waals surface area contributed by atoms with Crippen LogP contribution in [0.2, 0.25) is 0 Å². The highest BCUT2D eigenvalue weighted by Crippen LogP contribution is 2.22. The second-order valence-electron chi connectivity index (χ2n) is 7.19. The van der Waals surface area contributed by atoms with Crippen LogP contribution in [-0.4, -0.2) is 55.8 Å². The Hall–Kier alpha value is -1.59. The molecular weight excluding hydrogens is 304 g/mol. The fourth-order valence-electron chi connectivity index (χ4n) is 3.31. The summed E-state index contributed by atoms with van der Waals surface area (Å²) < 4.78 is 11.6. The number of benzene rings is 1. The molecule has 0 bridgehead atoms. The van der Waals surface area contributed by atoms with Gasteiger partial charge in [-0.25, -0.2) is 0 Å². The van der Waals surface area contributed by atoms with E-state index in [2.05, 4.69) is 24.1 Å². The largest absolute Gasteiger partial charge is 0.493 e. The maximum Gasteiger partial charge on any atom is 0.251 e. The van der Waals surface area contributed by atoms with E-state index in [0.717, 1.165) is 25.4 Å². The molecule has 1 amide bonds. The van der Waals surface area contributed by atoms with Gasteiger partial charge in [0.05, 0.1) is 19.3 Å². The van der Waals surface area contributed by atoms with Gasteiger partial charge in [-0.15, -0.1) is 0 Å². The third-order valence-electron chi connectivity index (χ3n) is 4.63. The molecule has 132 valence electrons. The summed E-state index contributed by atoms with van der Waals surface area (Å²) in [7, 11) is 0. The van der Waals surface area contributed by atoms with Gasteiger partial charge in [0, 0.05) is 24.7 Å². The van der Waals surface area contributed by atoms with E-state index < -0.39 is 0 Å². The van der Waals surface area contributed by atoms with Crippen LogP contribution < -0.4 is 10.1 Å². The fourth-order valence-corrected chi connectivity index (χ4v) is 3.31. The maximum atomic E-state index is 12.4. The predicted octanol–water partition coefficient (Wildman–Crippen LogP) is 2.31. The highest BCUT2D eigenvalue weighted by molar-refractivity contribution is 5.94. The third-order valence-corrected chi connectivity index (χ3v) is 4.63. The number of nitrogens with zero attached hydrogens (tertiary/aromatic N) is 1. The van der Waals surface area contributed by atoms with E-state index in [1.54, 1.807) is 6.07 Å². The van der Waals surface area contributed by atoms with Crippen LogP contribution in [0.3, 0.4) is 0 Å². The molecule has 1 aromatic rings. The van der Waals surface area contributed by atoms with Crippen molar-refractivity contribution >= 4 is 5.91 Å². The molecule has 1 aromatic carbocycles. The Labute approximate surface area is 144 Å². The molecule has 0 saturated carbocycles. The standard InChI is InChI=1S/C19H28N2O3/c1-14(2)12-23-17-7-3-5-15(9-17)19(22)20-10-18-11-21-8-4-6-16(21)13-24-18/h3,5,7,9,14,16,18H,4,6,8,10-13H2,1-2H3,(H,20,22)/t16-,18+/m1/s1. The van der Waals surface area contributed by atoms with Crippen molar-refractivity contribution in [2.45, 2.75) is 38.8 Å². The summed E-state index contributed by atoms with van der Waals surface area (Å²) in [6.45, 7) is 8.28. The summed E-state index contributed by atoms with van der Waals surface area (Å²) in [5.74, 6) is 1.13. The molecule has 2 aliphatic rings. The van der Waals surface area contributed by atoms with Gasteiger partial charge in [-0.3, -0.25) is 9.69 Å². The highest BCUT2D eigenvalue weighted by atomic mass is 16.5. The number of morpholine rings is 1. The fraction of sp³-hybridized carbons (Fsp3) is 0.632. The van der Waals surface area contributed by atoms with Gasteiger partial charge in [0.25, 0.3) is 5.91 Å². The van der Waals surface area contributed by atoms with Crippen molar-refractivity contribution in [2.24, 2.45) is 5.92 Å². The second-order valence-corrected chi connectivity index (χ2v) is 7.19. The molecule has 0 aliphatic carbocycles. The van der Waals surface area contributed by atoms with Gasteiger partial charge in [0.15, 0.2) is 0 Å². The van der Waals surface area contributed by atoms with Gasteiger partial charge in [-0.2, -0.15) is 0 Å².